The van der Waals surface area contributed by atoms with Crippen molar-refractivity contribution in [3.05, 3.63) is 216 Å². The monoisotopic (exact) mass is 1230 g/mol. The van der Waals surface area contributed by atoms with Crippen molar-refractivity contribution in [2.45, 2.75) is 41.5 Å². The fraction of sp³-hybridized carbons (Fsp3) is 0.143. The van der Waals surface area contributed by atoms with Crippen LogP contribution in [0.3, 0.4) is 0 Å². The van der Waals surface area contributed by atoms with Gasteiger partial charge in [-0.1, -0.05) is 61.0 Å². The molecule has 0 amide bonds. The van der Waals surface area contributed by atoms with Crippen molar-refractivity contribution >= 4 is 21.9 Å². The first-order valence-electron chi connectivity index (χ1n) is 20.7. The van der Waals surface area contributed by atoms with E-state index in [-0.39, 0.29) is 40.2 Å². The van der Waals surface area contributed by atoms with E-state index in [1.165, 1.54) is 11.1 Å². The Bertz CT molecular complexity index is 2740. The second-order valence-electron chi connectivity index (χ2n) is 14.4. The molecule has 342 valence electrons. The molecule has 0 atom stereocenters. The van der Waals surface area contributed by atoms with Crippen LogP contribution in [0.2, 0.25) is 0 Å². The number of furan rings is 2. The SMILES string of the molecule is CO.CO.Cc1c[c-]c(-c2nccc3oc(C)cc23)cc1.Cc1ccc(-c2nccc3oc(C)cc23)cc1.Cc1cccc(-c2[c-]cccc2)n1.Cc1cccc(-c2[c-]cccc2)n1.[Ir].[Ir]. The van der Waals surface area contributed by atoms with Crippen molar-refractivity contribution < 1.29 is 59.3 Å². The molecule has 0 unspecified atom stereocenters. The first kappa shape index (κ1) is 54.1. The van der Waals surface area contributed by atoms with Crippen LogP contribution >= 0.6 is 0 Å². The maximum atomic E-state index is 7.00. The van der Waals surface area contributed by atoms with Gasteiger partial charge in [0.15, 0.2) is 0 Å². The second kappa shape index (κ2) is 28.0. The van der Waals surface area contributed by atoms with Crippen molar-refractivity contribution in [1.29, 1.82) is 0 Å². The zero-order chi connectivity index (χ0) is 45.8. The van der Waals surface area contributed by atoms with Gasteiger partial charge in [0, 0.05) is 94.5 Å². The van der Waals surface area contributed by atoms with Gasteiger partial charge in [-0.05, 0) is 88.1 Å². The van der Waals surface area contributed by atoms with Crippen LogP contribution in [0.4, 0.5) is 0 Å². The smallest absolute Gasteiger partial charge is 0.137 e. The van der Waals surface area contributed by atoms with Crippen LogP contribution in [-0.2, 0) is 40.2 Å². The number of aliphatic hydroxyl groups is 2. The summed E-state index contributed by atoms with van der Waals surface area (Å²) in [6.45, 7) is 12.0. The minimum atomic E-state index is 0. The maximum Gasteiger partial charge on any atom is 0.137 e. The van der Waals surface area contributed by atoms with E-state index in [4.69, 9.17) is 19.0 Å². The van der Waals surface area contributed by atoms with Crippen molar-refractivity contribution in [3.63, 3.8) is 0 Å². The van der Waals surface area contributed by atoms with E-state index < -0.39 is 0 Å². The molecule has 0 saturated carbocycles. The molecule has 10 aromatic rings. The molecule has 0 aliphatic carbocycles. The van der Waals surface area contributed by atoms with Crippen molar-refractivity contribution in [1.82, 2.24) is 19.9 Å². The number of fused-ring (bicyclic) bond motifs is 2. The summed E-state index contributed by atoms with van der Waals surface area (Å²) < 4.78 is 11.2. The Hall–Kier alpha value is -6.22. The van der Waals surface area contributed by atoms with Crippen LogP contribution in [0, 0.1) is 59.7 Å². The summed E-state index contributed by atoms with van der Waals surface area (Å²) in [4.78, 5) is 17.7. The molecular formula is C56H53Ir2N4O4-3. The van der Waals surface area contributed by atoms with E-state index in [1.807, 2.05) is 149 Å². The van der Waals surface area contributed by atoms with Crippen LogP contribution in [0.1, 0.15) is 34.0 Å². The number of benzene rings is 4. The van der Waals surface area contributed by atoms with E-state index in [9.17, 15) is 0 Å². The van der Waals surface area contributed by atoms with Gasteiger partial charge in [0.1, 0.15) is 22.7 Å². The van der Waals surface area contributed by atoms with E-state index in [0.29, 0.717) is 0 Å². The van der Waals surface area contributed by atoms with Gasteiger partial charge in [-0.3, -0.25) is 4.98 Å². The number of aliphatic hydroxyl groups excluding tert-OH is 2. The topological polar surface area (TPSA) is 118 Å². The predicted octanol–water partition coefficient (Wildman–Crippen LogP) is 12.9. The summed E-state index contributed by atoms with van der Waals surface area (Å²) in [6.07, 6.45) is 3.56. The van der Waals surface area contributed by atoms with Crippen molar-refractivity contribution in [2.24, 2.45) is 0 Å². The molecule has 0 spiro atoms. The van der Waals surface area contributed by atoms with E-state index in [1.54, 1.807) is 12.4 Å². The fourth-order valence-corrected chi connectivity index (χ4v) is 6.48. The first-order valence-corrected chi connectivity index (χ1v) is 20.7. The van der Waals surface area contributed by atoms with E-state index in [2.05, 4.69) is 82.3 Å². The molecule has 66 heavy (non-hydrogen) atoms. The van der Waals surface area contributed by atoms with Crippen LogP contribution in [-0.4, -0.2) is 44.4 Å². The molecular weight excluding hydrogens is 1180 g/mol. The molecule has 8 nitrogen and oxygen atoms in total. The molecule has 0 saturated heterocycles. The number of pyridine rings is 4. The molecule has 4 aromatic carbocycles. The third-order valence-electron chi connectivity index (χ3n) is 9.43. The predicted molar refractivity (Wildman–Crippen MR) is 259 cm³/mol. The minimum absolute atomic E-state index is 0. The third kappa shape index (κ3) is 15.5. The molecule has 6 aromatic heterocycles. The van der Waals surface area contributed by atoms with Gasteiger partial charge >= 0.3 is 0 Å². The van der Waals surface area contributed by atoms with E-state index >= 15 is 0 Å². The van der Waals surface area contributed by atoms with Gasteiger partial charge in [0.25, 0.3) is 0 Å². The zero-order valence-electron chi connectivity index (χ0n) is 38.3. The summed E-state index contributed by atoms with van der Waals surface area (Å²) in [5.41, 5.74) is 14.4. The van der Waals surface area contributed by atoms with Crippen molar-refractivity contribution in [3.8, 4) is 45.0 Å². The van der Waals surface area contributed by atoms with Gasteiger partial charge in [0.2, 0.25) is 0 Å². The fourth-order valence-electron chi connectivity index (χ4n) is 6.48. The summed E-state index contributed by atoms with van der Waals surface area (Å²) in [6, 6.07) is 59.6. The number of rotatable bonds is 4. The molecule has 0 aliphatic heterocycles. The molecule has 2 N–H and O–H groups in total. The average Bonchev–Trinajstić information content (AvgIpc) is 3.93. The largest absolute Gasteiger partial charge is 0.462 e. The summed E-state index contributed by atoms with van der Waals surface area (Å²) in [5.74, 6) is 1.82. The molecule has 2 radical (unpaired) electrons. The Balaban J connectivity index is 0.000000227. The van der Waals surface area contributed by atoms with Gasteiger partial charge in [-0.25, -0.2) is 0 Å². The van der Waals surface area contributed by atoms with Gasteiger partial charge in [-0.2, -0.15) is 0 Å². The maximum absolute atomic E-state index is 7.00. The quantitative estimate of drug-likeness (QED) is 0.167. The summed E-state index contributed by atoms with van der Waals surface area (Å²) >= 11 is 0. The number of hydrogen-bond acceptors (Lipinski definition) is 8. The van der Waals surface area contributed by atoms with Gasteiger partial charge < -0.3 is 34.0 Å². The average molecular weight is 1230 g/mol. The minimum Gasteiger partial charge on any atom is -0.462 e. The van der Waals surface area contributed by atoms with Gasteiger partial charge in [-0.15, -0.1) is 107 Å². The normalized spacial score (nSPS) is 9.73. The Morgan fingerprint density at radius 2 is 0.909 bits per heavy atom. The molecule has 10 heteroatoms. The molecule has 6 heterocycles. The van der Waals surface area contributed by atoms with E-state index in [0.717, 1.165) is 104 Å². The van der Waals surface area contributed by atoms with Crippen molar-refractivity contribution in [2.75, 3.05) is 14.2 Å². The first-order chi connectivity index (χ1) is 31.2. The summed E-state index contributed by atoms with van der Waals surface area (Å²) in [5, 5.41) is 16.1. The standard InChI is InChI=1S/C15H13NO.C15H12NO.2C12H10N.2CH4O.2Ir/c2*1-10-3-5-12(6-4-10)15-13-9-11(2)17-14(13)7-8-16-15;2*1-10-6-5-9-12(13-10)11-7-3-2-4-8-11;2*1-2;;/h3-9H,1-2H3;3-5,7-9H,1-2H3;2*2-7,9H,1H3;2*2H,1H3;;/q;3*-1;;;;. The van der Waals surface area contributed by atoms with Gasteiger partial charge in [0.05, 0.1) is 5.69 Å². The Morgan fingerprint density at radius 3 is 1.35 bits per heavy atom. The number of nitrogens with zero attached hydrogens (tertiary/aromatic N) is 4. The Labute approximate surface area is 415 Å². The molecule has 0 bridgehead atoms. The zero-order valence-corrected chi connectivity index (χ0v) is 43.0. The second-order valence-corrected chi connectivity index (χ2v) is 14.4. The Kier molecular flexibility index (Phi) is 22.9. The number of hydrogen-bond donors (Lipinski definition) is 2. The van der Waals surface area contributed by atoms with Crippen LogP contribution in [0.5, 0.6) is 0 Å². The molecule has 10 rings (SSSR count). The third-order valence-corrected chi connectivity index (χ3v) is 9.43. The van der Waals surface area contributed by atoms with Crippen LogP contribution in [0.15, 0.2) is 173 Å². The number of aromatic nitrogens is 4. The van der Waals surface area contributed by atoms with Crippen LogP contribution in [0.25, 0.3) is 67.0 Å². The molecule has 0 fully saturated rings. The Morgan fingerprint density at radius 1 is 0.439 bits per heavy atom. The number of aryl methyl sites for hydroxylation is 6. The molecule has 0 aliphatic rings. The summed E-state index contributed by atoms with van der Waals surface area (Å²) in [7, 11) is 2.00. The van der Waals surface area contributed by atoms with Crippen LogP contribution < -0.4 is 0 Å².